The summed E-state index contributed by atoms with van der Waals surface area (Å²) >= 11 is 0. The number of aliphatic hydroxyl groups is 1. The molecule has 0 atom stereocenters. The van der Waals surface area contributed by atoms with Gasteiger partial charge in [0.25, 0.3) is 0 Å². The first-order valence-corrected chi connectivity index (χ1v) is 5.71. The predicted octanol–water partition coefficient (Wildman–Crippen LogP) is 1.82. The van der Waals surface area contributed by atoms with Gasteiger partial charge in [0.15, 0.2) is 0 Å². The van der Waals surface area contributed by atoms with E-state index < -0.39 is 0 Å². The highest BCUT2D eigenvalue weighted by Crippen LogP contribution is 2.21. The Bertz CT molecular complexity index is 505. The maximum absolute atomic E-state index is 8.89. The molecule has 0 amide bonds. The van der Waals surface area contributed by atoms with Crippen LogP contribution in [0.25, 0.3) is 11.4 Å². The molecule has 0 aliphatic rings. The van der Waals surface area contributed by atoms with Gasteiger partial charge in [-0.25, -0.2) is 4.98 Å². The van der Waals surface area contributed by atoms with Gasteiger partial charge in [0.1, 0.15) is 5.82 Å². The average Bonchev–Trinajstić information content (AvgIpc) is 2.68. The number of hydrogen-bond acceptors (Lipinski definition) is 3. The van der Waals surface area contributed by atoms with Gasteiger partial charge >= 0.3 is 0 Å². The number of rotatable bonds is 4. The van der Waals surface area contributed by atoms with Gasteiger partial charge in [-0.1, -0.05) is 12.1 Å². The third-order valence-electron chi connectivity index (χ3n) is 2.60. The van der Waals surface area contributed by atoms with Gasteiger partial charge in [-0.05, 0) is 25.5 Å². The van der Waals surface area contributed by atoms with Crippen LogP contribution in [0.15, 0.2) is 30.5 Å². The van der Waals surface area contributed by atoms with Crippen molar-refractivity contribution in [3.05, 3.63) is 36.2 Å². The summed E-state index contributed by atoms with van der Waals surface area (Å²) in [5, 5.41) is 8.89. The lowest BCUT2D eigenvalue weighted by Gasteiger charge is -2.07. The molecule has 0 aliphatic heterocycles. The Morgan fingerprint density at radius 1 is 1.41 bits per heavy atom. The van der Waals surface area contributed by atoms with E-state index in [4.69, 9.17) is 10.8 Å². The topological polar surface area (TPSA) is 64.1 Å². The molecule has 0 spiro atoms. The average molecular weight is 231 g/mol. The number of aromatic nitrogens is 2. The first-order valence-electron chi connectivity index (χ1n) is 5.71. The van der Waals surface area contributed by atoms with Gasteiger partial charge < -0.3 is 15.4 Å². The van der Waals surface area contributed by atoms with Crippen molar-refractivity contribution in [1.82, 2.24) is 9.55 Å². The van der Waals surface area contributed by atoms with Crippen LogP contribution >= 0.6 is 0 Å². The molecule has 1 aromatic heterocycles. The monoisotopic (exact) mass is 231 g/mol. The molecular weight excluding hydrogens is 214 g/mol. The molecule has 1 heterocycles. The number of nitrogens with zero attached hydrogens (tertiary/aromatic N) is 2. The quantitative estimate of drug-likeness (QED) is 0.789. The second-order valence-electron chi connectivity index (χ2n) is 4.10. The zero-order valence-electron chi connectivity index (χ0n) is 9.93. The summed E-state index contributed by atoms with van der Waals surface area (Å²) in [6.45, 7) is 2.92. The molecule has 17 heavy (non-hydrogen) atoms. The summed E-state index contributed by atoms with van der Waals surface area (Å²) in [6, 6.07) is 7.69. The zero-order chi connectivity index (χ0) is 12.3. The summed E-state index contributed by atoms with van der Waals surface area (Å²) in [5.41, 5.74) is 8.49. The van der Waals surface area contributed by atoms with Crippen LogP contribution in [0.3, 0.4) is 0 Å². The zero-order valence-corrected chi connectivity index (χ0v) is 9.93. The summed E-state index contributed by atoms with van der Waals surface area (Å²) in [4.78, 5) is 4.50. The third-order valence-corrected chi connectivity index (χ3v) is 2.60. The molecule has 0 unspecified atom stereocenters. The van der Waals surface area contributed by atoms with Crippen molar-refractivity contribution in [1.29, 1.82) is 0 Å². The Labute approximate surface area is 101 Å². The molecule has 2 aromatic rings. The van der Waals surface area contributed by atoms with Crippen LogP contribution in [0, 0.1) is 6.92 Å². The van der Waals surface area contributed by atoms with Crippen LogP contribution in [0.4, 0.5) is 5.69 Å². The van der Waals surface area contributed by atoms with Crippen LogP contribution in [0.1, 0.15) is 12.1 Å². The SMILES string of the molecule is Cc1cn(CCCO)c(-c2cccc(N)c2)n1. The summed E-state index contributed by atoms with van der Waals surface area (Å²) in [6.07, 6.45) is 2.72. The molecule has 0 fully saturated rings. The van der Waals surface area contributed by atoms with Crippen LogP contribution < -0.4 is 5.73 Å². The van der Waals surface area contributed by atoms with Gasteiger partial charge in [0.05, 0.1) is 5.69 Å². The number of nitrogen functional groups attached to an aromatic ring is 1. The van der Waals surface area contributed by atoms with Gasteiger partial charge in [-0.3, -0.25) is 0 Å². The van der Waals surface area contributed by atoms with Crippen molar-refractivity contribution in [2.45, 2.75) is 19.9 Å². The lowest BCUT2D eigenvalue weighted by molar-refractivity contribution is 0.280. The highest BCUT2D eigenvalue weighted by atomic mass is 16.3. The second kappa shape index (κ2) is 5.01. The molecule has 0 saturated heterocycles. The van der Waals surface area contributed by atoms with Gasteiger partial charge in [-0.15, -0.1) is 0 Å². The van der Waals surface area contributed by atoms with E-state index >= 15 is 0 Å². The molecule has 90 valence electrons. The summed E-state index contributed by atoms with van der Waals surface area (Å²) < 4.78 is 2.06. The van der Waals surface area contributed by atoms with Crippen LogP contribution in [0.2, 0.25) is 0 Å². The Morgan fingerprint density at radius 3 is 2.94 bits per heavy atom. The number of aliphatic hydroxyl groups excluding tert-OH is 1. The van der Waals surface area contributed by atoms with Crippen molar-refractivity contribution in [2.24, 2.45) is 0 Å². The fourth-order valence-electron chi connectivity index (χ4n) is 1.87. The number of imidazole rings is 1. The lowest BCUT2D eigenvalue weighted by atomic mass is 10.2. The van der Waals surface area contributed by atoms with Crippen molar-refractivity contribution >= 4 is 5.69 Å². The van der Waals surface area contributed by atoms with E-state index in [0.29, 0.717) is 0 Å². The van der Waals surface area contributed by atoms with Crippen molar-refractivity contribution < 1.29 is 5.11 Å². The van der Waals surface area contributed by atoms with E-state index in [1.165, 1.54) is 0 Å². The standard InChI is InChI=1S/C13H17N3O/c1-10-9-16(6-3-7-17)13(15-10)11-4-2-5-12(14)8-11/h2,4-5,8-9,17H,3,6-7,14H2,1H3. The van der Waals surface area contributed by atoms with E-state index in [1.807, 2.05) is 37.4 Å². The van der Waals surface area contributed by atoms with Crippen LogP contribution in [-0.4, -0.2) is 21.3 Å². The molecule has 0 saturated carbocycles. The van der Waals surface area contributed by atoms with Crippen LogP contribution in [0.5, 0.6) is 0 Å². The largest absolute Gasteiger partial charge is 0.399 e. The highest BCUT2D eigenvalue weighted by Gasteiger charge is 2.07. The van der Waals surface area contributed by atoms with Crippen molar-refractivity contribution in [2.75, 3.05) is 12.3 Å². The molecule has 1 aromatic carbocycles. The molecule has 0 radical (unpaired) electrons. The first kappa shape index (κ1) is 11.7. The number of benzene rings is 1. The maximum atomic E-state index is 8.89. The minimum atomic E-state index is 0.188. The van der Waals surface area contributed by atoms with E-state index in [0.717, 1.165) is 35.7 Å². The minimum absolute atomic E-state index is 0.188. The molecule has 4 nitrogen and oxygen atoms in total. The Hall–Kier alpha value is -1.81. The molecular formula is C13H17N3O. The Balaban J connectivity index is 2.37. The van der Waals surface area contributed by atoms with Gasteiger partial charge in [0.2, 0.25) is 0 Å². The maximum Gasteiger partial charge on any atom is 0.140 e. The molecule has 2 rings (SSSR count). The fourth-order valence-corrected chi connectivity index (χ4v) is 1.87. The fraction of sp³-hybridized carbons (Fsp3) is 0.308. The van der Waals surface area contributed by atoms with Crippen molar-refractivity contribution in [3.63, 3.8) is 0 Å². The van der Waals surface area contributed by atoms with E-state index in [2.05, 4.69) is 9.55 Å². The number of aryl methyl sites for hydroxylation is 2. The molecule has 3 N–H and O–H groups in total. The summed E-state index contributed by atoms with van der Waals surface area (Å²) in [7, 11) is 0. The predicted molar refractivity (Wildman–Crippen MR) is 68.5 cm³/mol. The Morgan fingerprint density at radius 2 is 2.24 bits per heavy atom. The normalized spacial score (nSPS) is 10.7. The van der Waals surface area contributed by atoms with Crippen molar-refractivity contribution in [3.8, 4) is 11.4 Å². The van der Waals surface area contributed by atoms with E-state index in [1.54, 1.807) is 0 Å². The first-order chi connectivity index (χ1) is 8.20. The smallest absolute Gasteiger partial charge is 0.140 e. The number of anilines is 1. The van der Waals surface area contributed by atoms with Crippen LogP contribution in [-0.2, 0) is 6.54 Å². The van der Waals surface area contributed by atoms with E-state index in [9.17, 15) is 0 Å². The minimum Gasteiger partial charge on any atom is -0.399 e. The molecule has 0 bridgehead atoms. The third kappa shape index (κ3) is 2.65. The lowest BCUT2D eigenvalue weighted by Crippen LogP contribution is -2.01. The van der Waals surface area contributed by atoms with Gasteiger partial charge in [-0.2, -0.15) is 0 Å². The molecule has 0 aliphatic carbocycles. The highest BCUT2D eigenvalue weighted by molar-refractivity contribution is 5.61. The second-order valence-corrected chi connectivity index (χ2v) is 4.10. The number of nitrogens with two attached hydrogens (primary N) is 1. The summed E-state index contributed by atoms with van der Waals surface area (Å²) in [5.74, 6) is 0.906. The number of hydrogen-bond donors (Lipinski definition) is 2. The van der Waals surface area contributed by atoms with E-state index in [-0.39, 0.29) is 6.61 Å². The molecule has 4 heteroatoms. The van der Waals surface area contributed by atoms with Gasteiger partial charge in [0, 0.05) is 30.6 Å². The Kier molecular flexibility index (Phi) is 3.44.